The smallest absolute Gasteiger partial charge is 0.231 e. The van der Waals surface area contributed by atoms with Crippen LogP contribution in [0.5, 0.6) is 11.5 Å². The average molecular weight is 408 g/mol. The Morgan fingerprint density at radius 1 is 1.03 bits per heavy atom. The van der Waals surface area contributed by atoms with Gasteiger partial charge in [-0.3, -0.25) is 9.59 Å². The molecule has 1 saturated heterocycles. The van der Waals surface area contributed by atoms with Gasteiger partial charge in [-0.25, -0.2) is 0 Å². The van der Waals surface area contributed by atoms with Gasteiger partial charge in [0.25, 0.3) is 0 Å². The highest BCUT2D eigenvalue weighted by Crippen LogP contribution is 2.38. The van der Waals surface area contributed by atoms with Gasteiger partial charge in [-0.1, -0.05) is 45.9 Å². The zero-order chi connectivity index (χ0) is 21.4. The molecule has 158 valence electrons. The van der Waals surface area contributed by atoms with Crippen molar-refractivity contribution in [2.24, 2.45) is 5.92 Å². The first-order valence-electron chi connectivity index (χ1n) is 10.5. The highest BCUT2D eigenvalue weighted by atomic mass is 16.7. The number of hydrogen-bond donors (Lipinski definition) is 1. The standard InChI is InChI=1S/C24H28N2O4/c1-14(2)18-6-5-7-19(15(3)4)23(18)25-24(28)16-10-22(27)26(12-16)17-8-9-20-21(11-17)30-13-29-20/h5-9,11,14-16H,10,12-13H2,1-4H3,(H,25,28)/t16-/m1/s1. The van der Waals surface area contributed by atoms with Gasteiger partial charge < -0.3 is 19.7 Å². The van der Waals surface area contributed by atoms with Gasteiger partial charge in [-0.2, -0.15) is 0 Å². The Hall–Kier alpha value is -3.02. The van der Waals surface area contributed by atoms with Crippen LogP contribution in [0.1, 0.15) is 57.1 Å². The lowest BCUT2D eigenvalue weighted by Crippen LogP contribution is -2.28. The van der Waals surface area contributed by atoms with Crippen molar-refractivity contribution in [1.29, 1.82) is 0 Å². The van der Waals surface area contributed by atoms with E-state index in [1.807, 2.05) is 12.1 Å². The molecule has 0 aromatic heterocycles. The summed E-state index contributed by atoms with van der Waals surface area (Å²) in [6, 6.07) is 11.6. The summed E-state index contributed by atoms with van der Waals surface area (Å²) in [6.07, 6.45) is 0.196. The molecule has 2 aliphatic heterocycles. The van der Waals surface area contributed by atoms with Crippen LogP contribution in [-0.4, -0.2) is 25.2 Å². The minimum Gasteiger partial charge on any atom is -0.454 e. The van der Waals surface area contributed by atoms with E-state index in [4.69, 9.17) is 9.47 Å². The first-order valence-corrected chi connectivity index (χ1v) is 10.5. The van der Waals surface area contributed by atoms with E-state index in [1.54, 1.807) is 17.0 Å². The summed E-state index contributed by atoms with van der Waals surface area (Å²) in [5.41, 5.74) is 3.85. The normalized spacial score (nSPS) is 17.9. The van der Waals surface area contributed by atoms with E-state index in [9.17, 15) is 9.59 Å². The Bertz CT molecular complexity index is 957. The molecule has 1 N–H and O–H groups in total. The molecule has 6 nitrogen and oxygen atoms in total. The first kappa shape index (κ1) is 20.3. The van der Waals surface area contributed by atoms with Gasteiger partial charge in [0.2, 0.25) is 18.6 Å². The van der Waals surface area contributed by atoms with Gasteiger partial charge in [-0.15, -0.1) is 0 Å². The molecule has 30 heavy (non-hydrogen) atoms. The molecule has 6 heteroatoms. The summed E-state index contributed by atoms with van der Waals surface area (Å²) in [6.45, 7) is 9.02. The molecule has 0 unspecified atom stereocenters. The highest BCUT2D eigenvalue weighted by molar-refractivity contribution is 6.04. The fourth-order valence-corrected chi connectivity index (χ4v) is 4.11. The number of anilines is 2. The molecule has 2 amide bonds. The van der Waals surface area contributed by atoms with Crippen LogP contribution in [0.4, 0.5) is 11.4 Å². The molecule has 2 aromatic carbocycles. The van der Waals surface area contributed by atoms with Crippen molar-refractivity contribution in [2.45, 2.75) is 46.0 Å². The number of carbonyl (C=O) groups is 2. The fraction of sp³-hybridized carbons (Fsp3) is 0.417. The second-order valence-electron chi connectivity index (χ2n) is 8.55. The zero-order valence-electron chi connectivity index (χ0n) is 17.9. The number of rotatable bonds is 5. The van der Waals surface area contributed by atoms with E-state index in [2.05, 4.69) is 45.1 Å². The Morgan fingerprint density at radius 3 is 2.37 bits per heavy atom. The molecule has 2 aliphatic rings. The Kier molecular flexibility index (Phi) is 5.41. The van der Waals surface area contributed by atoms with Crippen molar-refractivity contribution in [3.05, 3.63) is 47.5 Å². The maximum atomic E-state index is 13.1. The summed E-state index contributed by atoms with van der Waals surface area (Å²) in [5, 5.41) is 3.16. The minimum atomic E-state index is -0.400. The SMILES string of the molecule is CC(C)c1cccc(C(C)C)c1NC(=O)[C@@H]1CC(=O)N(c2ccc3c(c2)OCO3)C1. The predicted octanol–water partition coefficient (Wildman–Crippen LogP) is 4.65. The van der Waals surface area contributed by atoms with Gasteiger partial charge in [-0.05, 0) is 35.1 Å². The van der Waals surface area contributed by atoms with E-state index >= 15 is 0 Å². The third-order valence-electron chi connectivity index (χ3n) is 5.78. The predicted molar refractivity (Wildman–Crippen MR) is 116 cm³/mol. The molecule has 0 saturated carbocycles. The molecule has 2 heterocycles. The van der Waals surface area contributed by atoms with Crippen LogP contribution in [0, 0.1) is 5.92 Å². The topological polar surface area (TPSA) is 67.9 Å². The quantitative estimate of drug-likeness (QED) is 0.782. The van der Waals surface area contributed by atoms with Gasteiger partial charge in [0.1, 0.15) is 0 Å². The summed E-state index contributed by atoms with van der Waals surface area (Å²) in [7, 11) is 0. The minimum absolute atomic E-state index is 0.0600. The van der Waals surface area contributed by atoms with E-state index in [-0.39, 0.29) is 36.9 Å². The molecule has 1 atom stereocenters. The number of carbonyl (C=O) groups excluding carboxylic acids is 2. The van der Waals surface area contributed by atoms with Gasteiger partial charge >= 0.3 is 0 Å². The lowest BCUT2D eigenvalue weighted by molar-refractivity contribution is -0.122. The van der Waals surface area contributed by atoms with Crippen molar-refractivity contribution in [2.75, 3.05) is 23.6 Å². The molecular formula is C24H28N2O4. The molecule has 0 aliphatic carbocycles. The fourth-order valence-electron chi connectivity index (χ4n) is 4.11. The van der Waals surface area contributed by atoms with Crippen molar-refractivity contribution in [3.8, 4) is 11.5 Å². The second kappa shape index (κ2) is 8.01. The number of amides is 2. The maximum absolute atomic E-state index is 13.1. The molecule has 2 aromatic rings. The average Bonchev–Trinajstić information content (AvgIpc) is 3.33. The summed E-state index contributed by atoms with van der Waals surface area (Å²) >= 11 is 0. The van der Waals surface area contributed by atoms with Crippen molar-refractivity contribution < 1.29 is 19.1 Å². The van der Waals surface area contributed by atoms with Crippen LogP contribution < -0.4 is 19.7 Å². The number of benzene rings is 2. The number of para-hydroxylation sites is 1. The van der Waals surface area contributed by atoms with Crippen molar-refractivity contribution in [1.82, 2.24) is 0 Å². The summed E-state index contributed by atoms with van der Waals surface area (Å²) in [4.78, 5) is 27.5. The Balaban J connectivity index is 1.54. The lowest BCUT2D eigenvalue weighted by Gasteiger charge is -2.22. The summed E-state index contributed by atoms with van der Waals surface area (Å²) < 4.78 is 10.8. The third-order valence-corrected chi connectivity index (χ3v) is 5.78. The Labute approximate surface area is 177 Å². The van der Waals surface area contributed by atoms with E-state index in [1.165, 1.54) is 0 Å². The largest absolute Gasteiger partial charge is 0.454 e. The van der Waals surface area contributed by atoms with Gasteiger partial charge in [0.05, 0.1) is 5.92 Å². The van der Waals surface area contributed by atoms with E-state index in [0.29, 0.717) is 18.0 Å². The second-order valence-corrected chi connectivity index (χ2v) is 8.55. The van der Waals surface area contributed by atoms with E-state index < -0.39 is 5.92 Å². The number of nitrogens with zero attached hydrogens (tertiary/aromatic N) is 1. The maximum Gasteiger partial charge on any atom is 0.231 e. The molecule has 4 rings (SSSR count). The summed E-state index contributed by atoms with van der Waals surface area (Å²) in [5.74, 6) is 1.30. The molecule has 1 fully saturated rings. The third kappa shape index (κ3) is 3.74. The molecule has 0 bridgehead atoms. The molecule has 0 spiro atoms. The van der Waals surface area contributed by atoms with Crippen molar-refractivity contribution >= 4 is 23.2 Å². The van der Waals surface area contributed by atoms with Crippen LogP contribution in [0.2, 0.25) is 0 Å². The van der Waals surface area contributed by atoms with E-state index in [0.717, 1.165) is 22.5 Å². The Morgan fingerprint density at radius 2 is 1.70 bits per heavy atom. The van der Waals surface area contributed by atoms with Crippen molar-refractivity contribution in [3.63, 3.8) is 0 Å². The first-order chi connectivity index (χ1) is 14.3. The van der Waals surface area contributed by atoms with Gasteiger partial charge in [0.15, 0.2) is 11.5 Å². The highest BCUT2D eigenvalue weighted by Gasteiger charge is 2.36. The number of fused-ring (bicyclic) bond motifs is 1. The molecular weight excluding hydrogens is 380 g/mol. The lowest BCUT2D eigenvalue weighted by atomic mass is 9.92. The van der Waals surface area contributed by atoms with Crippen LogP contribution in [-0.2, 0) is 9.59 Å². The number of ether oxygens (including phenoxy) is 2. The van der Waals surface area contributed by atoms with Crippen LogP contribution in [0.15, 0.2) is 36.4 Å². The monoisotopic (exact) mass is 408 g/mol. The van der Waals surface area contributed by atoms with Crippen LogP contribution >= 0.6 is 0 Å². The zero-order valence-corrected chi connectivity index (χ0v) is 17.9. The number of hydrogen-bond acceptors (Lipinski definition) is 4. The van der Waals surface area contributed by atoms with Gasteiger partial charge in [0, 0.05) is 30.4 Å². The molecule has 0 radical (unpaired) electrons. The van der Waals surface area contributed by atoms with Crippen LogP contribution in [0.3, 0.4) is 0 Å². The van der Waals surface area contributed by atoms with Crippen LogP contribution in [0.25, 0.3) is 0 Å². The number of nitrogens with one attached hydrogen (secondary N) is 1.